The molecule has 1 unspecified atom stereocenters. The van der Waals surface area contributed by atoms with E-state index in [2.05, 4.69) is 15.0 Å². The van der Waals surface area contributed by atoms with Crippen LogP contribution in [0.15, 0.2) is 58.7 Å². The maximum atomic E-state index is 11.6. The van der Waals surface area contributed by atoms with Gasteiger partial charge in [-0.3, -0.25) is 0 Å². The molecule has 0 saturated heterocycles. The van der Waals surface area contributed by atoms with Gasteiger partial charge in [0.05, 0.1) is 18.9 Å². The van der Waals surface area contributed by atoms with Crippen molar-refractivity contribution in [3.8, 4) is 28.5 Å². The molecule has 0 bridgehead atoms. The summed E-state index contributed by atoms with van der Waals surface area (Å²) < 4.78 is 40.7. The van der Waals surface area contributed by atoms with Crippen LogP contribution >= 0.6 is 0 Å². The Hall–Kier alpha value is -3.37. The van der Waals surface area contributed by atoms with Gasteiger partial charge in [-0.25, -0.2) is 18.4 Å². The molecule has 10 heteroatoms. The highest BCUT2D eigenvalue weighted by atomic mass is 32.2. The molecule has 0 radical (unpaired) electrons. The molecule has 174 valence electrons. The Morgan fingerprint density at radius 3 is 2.52 bits per heavy atom. The number of aromatic amines is 1. The first-order valence-corrected chi connectivity index (χ1v) is 12.3. The number of hydrogen-bond acceptors (Lipinski definition) is 8. The predicted molar refractivity (Wildman–Crippen MR) is 123 cm³/mol. The summed E-state index contributed by atoms with van der Waals surface area (Å²) >= 11 is 0. The van der Waals surface area contributed by atoms with E-state index in [4.69, 9.17) is 14.2 Å². The highest BCUT2D eigenvalue weighted by Crippen LogP contribution is 2.33. The Bertz CT molecular complexity index is 1270. The van der Waals surface area contributed by atoms with E-state index in [1.807, 2.05) is 38.1 Å². The first-order valence-electron chi connectivity index (χ1n) is 10.4. The van der Waals surface area contributed by atoms with Crippen LogP contribution in [-0.4, -0.2) is 61.0 Å². The molecule has 0 fully saturated rings. The molecule has 4 rings (SSSR count). The summed E-state index contributed by atoms with van der Waals surface area (Å²) in [6, 6.07) is 11.9. The molecule has 0 spiro atoms. The highest BCUT2D eigenvalue weighted by molar-refractivity contribution is 7.90. The number of aliphatic hydroxyl groups excluding tert-OH is 1. The molecule has 0 amide bonds. The lowest BCUT2D eigenvalue weighted by Gasteiger charge is -2.14. The second kappa shape index (κ2) is 9.24. The number of sulfone groups is 1. The van der Waals surface area contributed by atoms with Gasteiger partial charge in [0.1, 0.15) is 35.6 Å². The lowest BCUT2D eigenvalue weighted by molar-refractivity contribution is 0.227. The Morgan fingerprint density at radius 1 is 1.12 bits per heavy atom. The number of pyridine rings is 1. The van der Waals surface area contributed by atoms with E-state index in [1.165, 1.54) is 12.3 Å². The van der Waals surface area contributed by atoms with Crippen LogP contribution in [0.2, 0.25) is 0 Å². The second-order valence-electron chi connectivity index (χ2n) is 7.93. The van der Waals surface area contributed by atoms with Crippen molar-refractivity contribution >= 4 is 15.7 Å². The Morgan fingerprint density at radius 2 is 1.88 bits per heavy atom. The zero-order valence-electron chi connectivity index (χ0n) is 18.5. The van der Waals surface area contributed by atoms with Gasteiger partial charge >= 0.3 is 0 Å². The molecule has 1 aliphatic heterocycles. The molecule has 3 heterocycles. The Labute approximate surface area is 192 Å². The topological polar surface area (TPSA) is 123 Å². The van der Waals surface area contributed by atoms with Gasteiger partial charge in [-0.05, 0) is 50.2 Å². The van der Waals surface area contributed by atoms with Gasteiger partial charge in [0, 0.05) is 23.6 Å². The van der Waals surface area contributed by atoms with Crippen molar-refractivity contribution in [3.63, 3.8) is 0 Å². The summed E-state index contributed by atoms with van der Waals surface area (Å²) in [5.74, 6) is 1.97. The first-order chi connectivity index (χ1) is 15.7. The SMILES string of the molecule is CC(C)Oc1cc(Oc2ccc(S(C)(=O)=O)nc2)cc(-c2ccc(C3=NC(CO)CO3)[nH]2)c1. The summed E-state index contributed by atoms with van der Waals surface area (Å²) in [5.41, 5.74) is 2.32. The minimum Gasteiger partial charge on any atom is -0.491 e. The van der Waals surface area contributed by atoms with Crippen LogP contribution in [-0.2, 0) is 14.6 Å². The minimum atomic E-state index is -3.39. The van der Waals surface area contributed by atoms with E-state index in [-0.39, 0.29) is 23.8 Å². The van der Waals surface area contributed by atoms with E-state index >= 15 is 0 Å². The normalized spacial score (nSPS) is 15.9. The third-order valence-electron chi connectivity index (χ3n) is 4.73. The zero-order valence-corrected chi connectivity index (χ0v) is 19.3. The first kappa shape index (κ1) is 22.8. The van der Waals surface area contributed by atoms with Gasteiger partial charge in [-0.15, -0.1) is 0 Å². The van der Waals surface area contributed by atoms with E-state index in [1.54, 1.807) is 12.1 Å². The van der Waals surface area contributed by atoms with Gasteiger partial charge in [-0.1, -0.05) is 0 Å². The van der Waals surface area contributed by atoms with Gasteiger partial charge in [0.15, 0.2) is 14.9 Å². The summed E-state index contributed by atoms with van der Waals surface area (Å²) in [4.78, 5) is 11.6. The second-order valence-corrected chi connectivity index (χ2v) is 9.90. The average Bonchev–Trinajstić information content (AvgIpc) is 3.42. The van der Waals surface area contributed by atoms with Crippen LogP contribution in [0.1, 0.15) is 19.5 Å². The minimum absolute atomic E-state index is 0.0215. The van der Waals surface area contributed by atoms with Crippen molar-refractivity contribution in [2.24, 2.45) is 4.99 Å². The number of nitrogens with zero attached hydrogens (tertiary/aromatic N) is 2. The number of nitrogens with one attached hydrogen (secondary N) is 1. The largest absolute Gasteiger partial charge is 0.491 e. The van der Waals surface area contributed by atoms with Crippen LogP contribution < -0.4 is 9.47 Å². The number of ether oxygens (including phenoxy) is 3. The molecular formula is C23H25N3O6S. The molecule has 2 aromatic heterocycles. The molecule has 1 aliphatic rings. The number of H-pyrrole nitrogens is 1. The van der Waals surface area contributed by atoms with Crippen LogP contribution in [0.5, 0.6) is 17.2 Å². The standard InChI is InChI=1S/C23H25N3O6S/c1-14(2)31-18-8-15(20-5-6-21(26-20)23-25-16(12-27)13-30-23)9-19(10-18)32-17-4-7-22(24-11-17)33(3,28)29/h4-11,14,16,26-27H,12-13H2,1-3H3. The van der Waals surface area contributed by atoms with Gasteiger partial charge < -0.3 is 24.3 Å². The maximum Gasteiger partial charge on any atom is 0.233 e. The number of hydrogen-bond donors (Lipinski definition) is 2. The lowest BCUT2D eigenvalue weighted by atomic mass is 10.1. The molecular weight excluding hydrogens is 446 g/mol. The smallest absolute Gasteiger partial charge is 0.233 e. The average molecular weight is 472 g/mol. The molecule has 9 nitrogen and oxygen atoms in total. The third-order valence-corrected chi connectivity index (χ3v) is 5.73. The van der Waals surface area contributed by atoms with E-state index in [0.29, 0.717) is 35.4 Å². The Balaban J connectivity index is 1.63. The quantitative estimate of drug-likeness (QED) is 0.517. The monoisotopic (exact) mass is 471 g/mol. The molecule has 3 aromatic rings. The van der Waals surface area contributed by atoms with E-state index in [0.717, 1.165) is 17.5 Å². The van der Waals surface area contributed by atoms with E-state index < -0.39 is 9.84 Å². The van der Waals surface area contributed by atoms with Crippen molar-refractivity contribution in [1.29, 1.82) is 0 Å². The van der Waals surface area contributed by atoms with Crippen LogP contribution in [0.25, 0.3) is 11.3 Å². The predicted octanol–water partition coefficient (Wildman–Crippen LogP) is 3.20. The van der Waals surface area contributed by atoms with Gasteiger partial charge in [-0.2, -0.15) is 0 Å². The summed E-state index contributed by atoms with van der Waals surface area (Å²) in [7, 11) is -3.39. The molecule has 33 heavy (non-hydrogen) atoms. The summed E-state index contributed by atoms with van der Waals surface area (Å²) in [6.07, 6.45) is 2.43. The zero-order chi connectivity index (χ0) is 23.6. The van der Waals surface area contributed by atoms with E-state index in [9.17, 15) is 13.5 Å². The van der Waals surface area contributed by atoms with Crippen LogP contribution in [0, 0.1) is 0 Å². The molecule has 0 aliphatic carbocycles. The number of benzene rings is 1. The fraction of sp³-hybridized carbons (Fsp3) is 0.304. The van der Waals surface area contributed by atoms with Crippen LogP contribution in [0.3, 0.4) is 0 Å². The summed E-state index contributed by atoms with van der Waals surface area (Å²) in [6.45, 7) is 4.15. The van der Waals surface area contributed by atoms with Crippen LogP contribution in [0.4, 0.5) is 0 Å². The number of aliphatic imine (C=N–C) groups is 1. The molecule has 0 saturated carbocycles. The number of rotatable bonds is 8. The molecule has 1 aromatic carbocycles. The maximum absolute atomic E-state index is 11.6. The van der Waals surface area contributed by atoms with Crippen molar-refractivity contribution in [3.05, 3.63) is 54.4 Å². The van der Waals surface area contributed by atoms with Gasteiger partial charge in [0.2, 0.25) is 5.90 Å². The summed E-state index contributed by atoms with van der Waals surface area (Å²) in [5, 5.41) is 9.24. The van der Waals surface area contributed by atoms with Crippen molar-refractivity contribution in [2.45, 2.75) is 31.0 Å². The number of aromatic nitrogens is 2. The fourth-order valence-electron chi connectivity index (χ4n) is 3.25. The van der Waals surface area contributed by atoms with Crippen molar-refractivity contribution in [2.75, 3.05) is 19.5 Å². The van der Waals surface area contributed by atoms with Crippen molar-refractivity contribution in [1.82, 2.24) is 9.97 Å². The van der Waals surface area contributed by atoms with Gasteiger partial charge in [0.25, 0.3) is 0 Å². The Kier molecular flexibility index (Phi) is 6.39. The molecule has 2 N–H and O–H groups in total. The lowest BCUT2D eigenvalue weighted by Crippen LogP contribution is -2.10. The molecule has 1 atom stereocenters. The third kappa shape index (κ3) is 5.52. The number of aliphatic hydroxyl groups is 1. The highest BCUT2D eigenvalue weighted by Gasteiger charge is 2.21. The van der Waals surface area contributed by atoms with Crippen molar-refractivity contribution < 1.29 is 27.7 Å². The fourth-order valence-corrected chi connectivity index (χ4v) is 3.81.